The fourth-order valence-electron chi connectivity index (χ4n) is 4.04. The van der Waals surface area contributed by atoms with Gasteiger partial charge in [0.25, 0.3) is 5.91 Å². The number of nitrogens with zero attached hydrogens (tertiary/aromatic N) is 3. The molecule has 174 valence electrons. The van der Waals surface area contributed by atoms with Gasteiger partial charge >= 0.3 is 0 Å². The summed E-state index contributed by atoms with van der Waals surface area (Å²) in [6.45, 7) is 4.56. The molecule has 34 heavy (non-hydrogen) atoms. The van der Waals surface area contributed by atoms with Crippen molar-refractivity contribution in [3.8, 4) is 16.9 Å². The van der Waals surface area contributed by atoms with E-state index in [-0.39, 0.29) is 17.6 Å². The lowest BCUT2D eigenvalue weighted by Gasteiger charge is -2.22. The Morgan fingerprint density at radius 1 is 1.26 bits per heavy atom. The first kappa shape index (κ1) is 22.3. The molecule has 1 saturated carbocycles. The summed E-state index contributed by atoms with van der Waals surface area (Å²) in [5.74, 6) is -0.446. The van der Waals surface area contributed by atoms with Crippen LogP contribution in [0, 0.1) is 12.7 Å². The van der Waals surface area contributed by atoms with E-state index in [4.69, 9.17) is 16.3 Å². The van der Waals surface area contributed by atoms with Crippen molar-refractivity contribution in [2.75, 3.05) is 6.54 Å². The SMILES string of the molecule is CCN(Cc1cnc(C)c2cn[nH]c12)C(=O)c1cc(F)c(-c2cccc(Cl)c2)c(OC2CC2)c1. The average molecular weight is 479 g/mol. The fraction of sp³-hybridized carbons (Fsp3) is 0.269. The normalized spacial score (nSPS) is 13.3. The minimum atomic E-state index is -0.521. The zero-order chi connectivity index (χ0) is 23.8. The predicted molar refractivity (Wildman–Crippen MR) is 130 cm³/mol. The Kier molecular flexibility index (Phi) is 5.96. The molecule has 0 spiro atoms. The molecule has 1 aliphatic rings. The first-order chi connectivity index (χ1) is 16.4. The predicted octanol–water partition coefficient (Wildman–Crippen LogP) is 5.93. The van der Waals surface area contributed by atoms with E-state index in [1.807, 2.05) is 13.8 Å². The summed E-state index contributed by atoms with van der Waals surface area (Å²) in [6, 6.07) is 9.89. The van der Waals surface area contributed by atoms with Crippen molar-refractivity contribution in [2.24, 2.45) is 0 Å². The van der Waals surface area contributed by atoms with Crippen molar-refractivity contribution in [1.82, 2.24) is 20.1 Å². The Labute approximate surface area is 201 Å². The van der Waals surface area contributed by atoms with Crippen LogP contribution in [-0.2, 0) is 6.54 Å². The number of amides is 1. The fourth-order valence-corrected chi connectivity index (χ4v) is 4.23. The molecule has 6 nitrogen and oxygen atoms in total. The standard InChI is InChI=1S/C26H24ClFN4O2/c1-3-32(14-18-12-29-15(2)21-13-30-31-25(18)21)26(33)17-10-22(28)24(16-5-4-6-19(27)9-16)23(11-17)34-20-7-8-20/h4-6,9-13,20H,3,7-8,14H2,1-2H3,(H,30,31). The molecule has 0 unspecified atom stereocenters. The number of aromatic nitrogens is 3. The van der Waals surface area contributed by atoms with E-state index in [2.05, 4.69) is 15.2 Å². The van der Waals surface area contributed by atoms with E-state index >= 15 is 4.39 Å². The van der Waals surface area contributed by atoms with Crippen LogP contribution in [0.2, 0.25) is 5.02 Å². The lowest BCUT2D eigenvalue weighted by molar-refractivity contribution is 0.0752. The number of fused-ring (bicyclic) bond motifs is 1. The number of halogens is 2. The van der Waals surface area contributed by atoms with Crippen LogP contribution in [0.4, 0.5) is 4.39 Å². The Balaban J connectivity index is 1.50. The van der Waals surface area contributed by atoms with E-state index in [1.54, 1.807) is 47.6 Å². The Morgan fingerprint density at radius 2 is 2.09 bits per heavy atom. The molecule has 8 heteroatoms. The maximum absolute atomic E-state index is 15.4. The number of carbonyl (C=O) groups is 1. The Hall–Kier alpha value is -3.45. The van der Waals surface area contributed by atoms with Crippen LogP contribution < -0.4 is 4.74 Å². The Morgan fingerprint density at radius 3 is 2.82 bits per heavy atom. The molecular formula is C26H24ClFN4O2. The molecule has 0 atom stereocenters. The summed E-state index contributed by atoms with van der Waals surface area (Å²) in [5.41, 5.74) is 3.72. The number of aromatic amines is 1. The minimum absolute atomic E-state index is 0.0391. The highest BCUT2D eigenvalue weighted by Crippen LogP contribution is 2.38. The molecule has 0 aliphatic heterocycles. The molecule has 0 saturated heterocycles. The Bertz CT molecular complexity index is 1380. The van der Waals surface area contributed by atoms with Gasteiger partial charge in [0.2, 0.25) is 0 Å². The van der Waals surface area contributed by atoms with Gasteiger partial charge in [-0.05, 0) is 56.5 Å². The van der Waals surface area contributed by atoms with Crippen molar-refractivity contribution < 1.29 is 13.9 Å². The number of pyridine rings is 1. The van der Waals surface area contributed by atoms with Crippen molar-refractivity contribution in [2.45, 2.75) is 39.3 Å². The minimum Gasteiger partial charge on any atom is -0.490 e. The van der Waals surface area contributed by atoms with Gasteiger partial charge in [-0.1, -0.05) is 23.7 Å². The lowest BCUT2D eigenvalue weighted by Crippen LogP contribution is -2.30. The van der Waals surface area contributed by atoms with Crippen molar-refractivity contribution >= 4 is 28.4 Å². The van der Waals surface area contributed by atoms with Crippen LogP contribution in [0.25, 0.3) is 22.0 Å². The molecule has 1 fully saturated rings. The van der Waals surface area contributed by atoms with Crippen LogP contribution >= 0.6 is 11.6 Å². The number of H-pyrrole nitrogens is 1. The van der Waals surface area contributed by atoms with Crippen molar-refractivity contribution in [3.05, 3.63) is 76.5 Å². The quantitative estimate of drug-likeness (QED) is 0.357. The monoisotopic (exact) mass is 478 g/mol. The van der Waals surface area contributed by atoms with E-state index in [0.29, 0.717) is 35.0 Å². The number of aryl methyl sites for hydroxylation is 1. The second kappa shape index (κ2) is 9.06. The van der Waals surface area contributed by atoms with Crippen LogP contribution in [0.5, 0.6) is 5.75 Å². The summed E-state index contributed by atoms with van der Waals surface area (Å²) in [4.78, 5) is 19.6. The molecule has 5 rings (SSSR count). The van der Waals surface area contributed by atoms with E-state index in [1.165, 1.54) is 6.07 Å². The molecule has 0 radical (unpaired) electrons. The van der Waals surface area contributed by atoms with E-state index in [9.17, 15) is 4.79 Å². The number of nitrogens with one attached hydrogen (secondary N) is 1. The number of hydrogen-bond donors (Lipinski definition) is 1. The molecule has 1 aliphatic carbocycles. The van der Waals surface area contributed by atoms with Crippen molar-refractivity contribution in [3.63, 3.8) is 0 Å². The first-order valence-corrected chi connectivity index (χ1v) is 11.7. The van der Waals surface area contributed by atoms with E-state index < -0.39 is 5.82 Å². The number of ether oxygens (including phenoxy) is 1. The van der Waals surface area contributed by atoms with Crippen LogP contribution in [0.1, 0.15) is 41.4 Å². The second-order valence-corrected chi connectivity index (χ2v) is 8.94. The van der Waals surface area contributed by atoms with Gasteiger partial charge in [0.05, 0.1) is 23.4 Å². The molecule has 2 heterocycles. The maximum atomic E-state index is 15.4. The van der Waals surface area contributed by atoms with Gasteiger partial charge in [-0.2, -0.15) is 5.10 Å². The molecule has 1 N–H and O–H groups in total. The van der Waals surface area contributed by atoms with Crippen LogP contribution in [-0.4, -0.2) is 38.6 Å². The zero-order valence-corrected chi connectivity index (χ0v) is 19.7. The maximum Gasteiger partial charge on any atom is 0.254 e. The van der Waals surface area contributed by atoms with E-state index in [0.717, 1.165) is 35.0 Å². The van der Waals surface area contributed by atoms with Crippen molar-refractivity contribution in [1.29, 1.82) is 0 Å². The molecule has 1 amide bonds. The molecular weight excluding hydrogens is 455 g/mol. The number of benzene rings is 2. The molecule has 2 aromatic heterocycles. The number of hydrogen-bond acceptors (Lipinski definition) is 4. The summed E-state index contributed by atoms with van der Waals surface area (Å²) in [7, 11) is 0. The van der Waals surface area contributed by atoms with Gasteiger partial charge in [0.15, 0.2) is 0 Å². The van der Waals surface area contributed by atoms with Crippen LogP contribution in [0.15, 0.2) is 48.8 Å². The van der Waals surface area contributed by atoms with Gasteiger partial charge in [-0.3, -0.25) is 14.9 Å². The summed E-state index contributed by atoms with van der Waals surface area (Å²) in [5, 5.41) is 8.53. The summed E-state index contributed by atoms with van der Waals surface area (Å²) >= 11 is 6.14. The third-order valence-electron chi connectivity index (χ3n) is 6.03. The largest absolute Gasteiger partial charge is 0.490 e. The highest BCUT2D eigenvalue weighted by atomic mass is 35.5. The highest BCUT2D eigenvalue weighted by Gasteiger charge is 2.28. The second-order valence-electron chi connectivity index (χ2n) is 8.51. The lowest BCUT2D eigenvalue weighted by atomic mass is 10.0. The number of carbonyl (C=O) groups excluding carboxylic acids is 1. The number of rotatable bonds is 7. The van der Waals surface area contributed by atoms with Crippen LogP contribution in [0.3, 0.4) is 0 Å². The molecule has 4 aromatic rings. The third-order valence-corrected chi connectivity index (χ3v) is 6.26. The summed E-state index contributed by atoms with van der Waals surface area (Å²) < 4.78 is 21.5. The molecule has 0 bridgehead atoms. The topological polar surface area (TPSA) is 71.1 Å². The zero-order valence-electron chi connectivity index (χ0n) is 18.9. The van der Waals surface area contributed by atoms with Gasteiger partial charge < -0.3 is 9.64 Å². The molecule has 2 aromatic carbocycles. The highest BCUT2D eigenvalue weighted by molar-refractivity contribution is 6.30. The third kappa shape index (κ3) is 4.35. The van der Waals surface area contributed by atoms with Gasteiger partial charge in [0.1, 0.15) is 11.6 Å². The first-order valence-electron chi connectivity index (χ1n) is 11.3. The summed E-state index contributed by atoms with van der Waals surface area (Å²) in [6.07, 6.45) is 5.34. The average Bonchev–Trinajstić information content (AvgIpc) is 3.48. The van der Waals surface area contributed by atoms with Gasteiger partial charge in [0, 0.05) is 46.5 Å². The van der Waals surface area contributed by atoms with Gasteiger partial charge in [-0.25, -0.2) is 4.39 Å². The van der Waals surface area contributed by atoms with Gasteiger partial charge in [-0.15, -0.1) is 0 Å². The smallest absolute Gasteiger partial charge is 0.254 e.